The molecule has 7 nitrogen and oxygen atoms in total. The maximum Gasteiger partial charge on any atom is 0.308 e. The number of rotatable bonds is 5. The molecule has 1 aliphatic heterocycles. The Labute approximate surface area is 227 Å². The van der Waals surface area contributed by atoms with Crippen LogP contribution in [0.3, 0.4) is 0 Å². The van der Waals surface area contributed by atoms with Gasteiger partial charge in [0.15, 0.2) is 4.80 Å². The Kier molecular flexibility index (Phi) is 7.09. The molecule has 1 atom stereocenters. The summed E-state index contributed by atoms with van der Waals surface area (Å²) in [6.45, 7) is 3.08. The van der Waals surface area contributed by atoms with Crippen molar-refractivity contribution in [2.45, 2.75) is 19.9 Å². The molecule has 1 amide bonds. The highest BCUT2D eigenvalue weighted by Gasteiger charge is 2.32. The second-order valence-corrected chi connectivity index (χ2v) is 10.0. The Morgan fingerprint density at radius 3 is 2.42 bits per heavy atom. The average molecular weight is 544 g/mol. The number of hydrogen-bond donors (Lipinski definition) is 1. The number of hydrogen-bond acceptors (Lipinski definition) is 6. The summed E-state index contributed by atoms with van der Waals surface area (Å²) < 4.78 is 7.23. The van der Waals surface area contributed by atoms with Crippen molar-refractivity contribution >= 4 is 46.6 Å². The van der Waals surface area contributed by atoms with Crippen LogP contribution < -0.4 is 24.9 Å². The summed E-state index contributed by atoms with van der Waals surface area (Å²) in [7, 11) is 0. The minimum atomic E-state index is -0.724. The van der Waals surface area contributed by atoms with Gasteiger partial charge in [-0.2, -0.15) is 0 Å². The number of aromatic nitrogens is 1. The van der Waals surface area contributed by atoms with E-state index in [1.54, 1.807) is 73.7 Å². The topological polar surface area (TPSA) is 89.8 Å². The normalized spacial score (nSPS) is 15.0. The predicted molar refractivity (Wildman–Crippen MR) is 148 cm³/mol. The quantitative estimate of drug-likeness (QED) is 0.297. The Morgan fingerprint density at radius 1 is 1.03 bits per heavy atom. The van der Waals surface area contributed by atoms with Crippen molar-refractivity contribution in [3.05, 3.63) is 126 Å². The van der Waals surface area contributed by atoms with E-state index in [-0.39, 0.29) is 11.5 Å². The smallest absolute Gasteiger partial charge is 0.308 e. The summed E-state index contributed by atoms with van der Waals surface area (Å²) in [6, 6.07) is 22.4. The van der Waals surface area contributed by atoms with Crippen LogP contribution in [0.2, 0.25) is 5.02 Å². The second-order valence-electron chi connectivity index (χ2n) is 8.58. The molecule has 1 aliphatic rings. The molecule has 38 heavy (non-hydrogen) atoms. The molecule has 0 saturated heterocycles. The van der Waals surface area contributed by atoms with Crippen LogP contribution in [0.1, 0.15) is 31.0 Å². The molecule has 0 bridgehead atoms. The fourth-order valence-corrected chi connectivity index (χ4v) is 5.44. The molecule has 0 aliphatic carbocycles. The molecule has 0 saturated carbocycles. The summed E-state index contributed by atoms with van der Waals surface area (Å²) in [5.41, 5.74) is 2.47. The number of benzene rings is 3. The van der Waals surface area contributed by atoms with Gasteiger partial charge in [0.05, 0.1) is 21.8 Å². The van der Waals surface area contributed by atoms with Gasteiger partial charge in [0.1, 0.15) is 5.75 Å². The Hall–Kier alpha value is -4.27. The van der Waals surface area contributed by atoms with Crippen molar-refractivity contribution in [3.63, 3.8) is 0 Å². The van der Waals surface area contributed by atoms with E-state index < -0.39 is 12.0 Å². The number of carbonyl (C=O) groups is 2. The summed E-state index contributed by atoms with van der Waals surface area (Å²) in [5, 5.41) is 3.47. The van der Waals surface area contributed by atoms with Gasteiger partial charge < -0.3 is 10.1 Å². The minimum Gasteiger partial charge on any atom is -0.426 e. The van der Waals surface area contributed by atoms with E-state index >= 15 is 0 Å². The first-order valence-electron chi connectivity index (χ1n) is 11.7. The van der Waals surface area contributed by atoms with Gasteiger partial charge in [0, 0.05) is 23.2 Å². The minimum absolute atomic E-state index is 0.316. The van der Waals surface area contributed by atoms with E-state index in [1.807, 2.05) is 18.2 Å². The molecule has 9 heteroatoms. The Morgan fingerprint density at radius 2 is 1.71 bits per heavy atom. The van der Waals surface area contributed by atoms with Crippen LogP contribution in [0.5, 0.6) is 5.75 Å². The summed E-state index contributed by atoms with van der Waals surface area (Å²) >= 11 is 7.35. The van der Waals surface area contributed by atoms with Crippen LogP contribution in [0.4, 0.5) is 5.69 Å². The number of nitrogens with zero attached hydrogens (tertiary/aromatic N) is 2. The van der Waals surface area contributed by atoms with E-state index in [0.717, 1.165) is 5.56 Å². The Balaban J connectivity index is 1.67. The van der Waals surface area contributed by atoms with Gasteiger partial charge in [0.25, 0.3) is 11.5 Å². The van der Waals surface area contributed by atoms with Crippen LogP contribution in [-0.4, -0.2) is 16.4 Å². The lowest BCUT2D eigenvalue weighted by Crippen LogP contribution is -2.40. The number of carbonyl (C=O) groups excluding carboxylic acids is 2. The molecule has 1 N–H and O–H groups in total. The summed E-state index contributed by atoms with van der Waals surface area (Å²) in [4.78, 5) is 44.1. The first kappa shape index (κ1) is 25.4. The van der Waals surface area contributed by atoms with E-state index in [0.29, 0.717) is 42.6 Å². The van der Waals surface area contributed by atoms with E-state index in [4.69, 9.17) is 16.3 Å². The number of nitrogens with one attached hydrogen (secondary N) is 1. The largest absolute Gasteiger partial charge is 0.426 e. The van der Waals surface area contributed by atoms with Crippen molar-refractivity contribution in [2.75, 3.05) is 5.32 Å². The molecule has 0 unspecified atom stereocenters. The van der Waals surface area contributed by atoms with Gasteiger partial charge in [-0.3, -0.25) is 19.0 Å². The van der Waals surface area contributed by atoms with Gasteiger partial charge in [-0.1, -0.05) is 71.5 Å². The summed E-state index contributed by atoms with van der Waals surface area (Å²) in [6.07, 6.45) is 1.67. The third kappa shape index (κ3) is 5.09. The molecule has 4 aromatic rings. The van der Waals surface area contributed by atoms with Gasteiger partial charge >= 0.3 is 5.97 Å². The zero-order valence-electron chi connectivity index (χ0n) is 20.5. The number of fused-ring (bicyclic) bond motifs is 1. The zero-order chi connectivity index (χ0) is 26.8. The van der Waals surface area contributed by atoms with Gasteiger partial charge in [-0.15, -0.1) is 0 Å². The molecule has 0 spiro atoms. The lowest BCUT2D eigenvalue weighted by atomic mass is 9.95. The number of halogens is 1. The molecule has 0 fully saturated rings. The third-order valence-corrected chi connectivity index (χ3v) is 7.18. The van der Waals surface area contributed by atoms with Gasteiger partial charge in [-0.05, 0) is 48.9 Å². The number of esters is 1. The average Bonchev–Trinajstić information content (AvgIpc) is 3.19. The van der Waals surface area contributed by atoms with Crippen LogP contribution in [-0.2, 0) is 9.59 Å². The monoisotopic (exact) mass is 543 g/mol. The molecule has 1 aromatic heterocycles. The van der Waals surface area contributed by atoms with Crippen molar-refractivity contribution < 1.29 is 14.3 Å². The second kappa shape index (κ2) is 10.6. The summed E-state index contributed by atoms with van der Waals surface area (Å²) in [5.74, 6) is -0.467. The fourth-order valence-electron chi connectivity index (χ4n) is 4.28. The maximum absolute atomic E-state index is 13.8. The number of ether oxygens (including phenoxy) is 1. The number of allylic oxidation sites excluding steroid dienone is 1. The molecule has 190 valence electrons. The van der Waals surface area contributed by atoms with E-state index in [2.05, 4.69) is 10.3 Å². The number of para-hydroxylation sites is 2. The predicted octanol–water partition coefficient (Wildman–Crippen LogP) is 4.45. The lowest BCUT2D eigenvalue weighted by molar-refractivity contribution is -0.131. The first-order valence-corrected chi connectivity index (χ1v) is 12.9. The van der Waals surface area contributed by atoms with Crippen molar-refractivity contribution in [1.29, 1.82) is 0 Å². The van der Waals surface area contributed by atoms with Crippen LogP contribution in [0, 0.1) is 0 Å². The molecular weight excluding hydrogens is 522 g/mol. The third-order valence-electron chi connectivity index (χ3n) is 5.94. The fraction of sp³-hybridized carbons (Fsp3) is 0.103. The van der Waals surface area contributed by atoms with E-state index in [1.165, 1.54) is 22.8 Å². The van der Waals surface area contributed by atoms with Crippen LogP contribution in [0.15, 0.2) is 99.9 Å². The zero-order valence-corrected chi connectivity index (χ0v) is 22.0. The molecule has 0 radical (unpaired) electrons. The molecular formula is C29H22ClN3O4S. The highest BCUT2D eigenvalue weighted by atomic mass is 35.5. The van der Waals surface area contributed by atoms with Crippen LogP contribution in [0.25, 0.3) is 6.08 Å². The van der Waals surface area contributed by atoms with Crippen LogP contribution >= 0.6 is 22.9 Å². The SMILES string of the molecule is CC(=O)Oc1ccccc1/C=c1\sc2n(c1=O)[C@@H](c1ccc(Cl)cc1)C(C(=O)Nc1ccccc1)=C(C)N=2. The van der Waals surface area contributed by atoms with Gasteiger partial charge in [-0.25, -0.2) is 4.99 Å². The number of amides is 1. The molecule has 2 heterocycles. The Bertz CT molecular complexity index is 1760. The molecule has 5 rings (SSSR count). The van der Waals surface area contributed by atoms with Crippen molar-refractivity contribution in [2.24, 2.45) is 4.99 Å². The lowest BCUT2D eigenvalue weighted by Gasteiger charge is -2.25. The molecule has 3 aromatic carbocycles. The van der Waals surface area contributed by atoms with E-state index in [9.17, 15) is 14.4 Å². The first-order chi connectivity index (χ1) is 18.3. The highest BCUT2D eigenvalue weighted by Crippen LogP contribution is 2.31. The van der Waals surface area contributed by atoms with Crippen molar-refractivity contribution in [1.82, 2.24) is 4.57 Å². The maximum atomic E-state index is 13.8. The number of anilines is 1. The van der Waals surface area contributed by atoms with Crippen molar-refractivity contribution in [3.8, 4) is 5.75 Å². The highest BCUT2D eigenvalue weighted by molar-refractivity contribution is 7.07. The standard InChI is InChI=1S/C29H22ClN3O4S/c1-17-25(27(35)32-22-9-4-3-5-10-22)26(19-12-14-21(30)15-13-19)33-28(36)24(38-29(33)31-17)16-20-8-6-7-11-23(20)37-18(2)34/h3-16,26H,1-2H3,(H,32,35)/b24-16-/t26-/m0/s1. The number of thiazole rings is 1. The van der Waals surface area contributed by atoms with Gasteiger partial charge in [0.2, 0.25) is 0 Å².